The standard InChI is InChI=1S/C16H22N2O2/c1-3-10-18-11(2)12(8-5-9-17)13-6-4-7-14(15(13)18)16(19)20/h4,6-7H,3,5,8-10,17H2,1-2H3,(H,19,20). The molecule has 0 fully saturated rings. The van der Waals surface area contributed by atoms with Crippen LogP contribution in [0.1, 0.15) is 41.4 Å². The van der Waals surface area contributed by atoms with Crippen LogP contribution in [0.25, 0.3) is 10.9 Å². The van der Waals surface area contributed by atoms with Gasteiger partial charge in [-0.25, -0.2) is 4.79 Å². The molecule has 0 saturated carbocycles. The predicted molar refractivity (Wildman–Crippen MR) is 81.3 cm³/mol. The smallest absolute Gasteiger partial charge is 0.337 e. The molecule has 108 valence electrons. The van der Waals surface area contributed by atoms with E-state index in [0.717, 1.165) is 36.7 Å². The molecule has 0 radical (unpaired) electrons. The second-order valence-electron chi connectivity index (χ2n) is 5.11. The number of carboxylic acids is 1. The summed E-state index contributed by atoms with van der Waals surface area (Å²) in [4.78, 5) is 11.5. The van der Waals surface area contributed by atoms with E-state index in [1.54, 1.807) is 6.07 Å². The average molecular weight is 274 g/mol. The van der Waals surface area contributed by atoms with E-state index in [4.69, 9.17) is 5.73 Å². The van der Waals surface area contributed by atoms with Crippen LogP contribution in [0, 0.1) is 6.92 Å². The molecule has 0 saturated heterocycles. The average Bonchev–Trinajstić information content (AvgIpc) is 2.70. The molecule has 0 atom stereocenters. The lowest BCUT2D eigenvalue weighted by molar-refractivity contribution is 0.0698. The van der Waals surface area contributed by atoms with Gasteiger partial charge in [-0.1, -0.05) is 19.1 Å². The summed E-state index contributed by atoms with van der Waals surface area (Å²) in [5.41, 5.74) is 9.26. The van der Waals surface area contributed by atoms with E-state index in [0.29, 0.717) is 12.1 Å². The van der Waals surface area contributed by atoms with Crippen molar-refractivity contribution >= 4 is 16.9 Å². The van der Waals surface area contributed by atoms with Gasteiger partial charge in [0, 0.05) is 17.6 Å². The molecule has 4 nitrogen and oxygen atoms in total. The summed E-state index contributed by atoms with van der Waals surface area (Å²) in [6.45, 7) is 5.68. The van der Waals surface area contributed by atoms with Gasteiger partial charge in [-0.3, -0.25) is 0 Å². The minimum atomic E-state index is -0.865. The maximum absolute atomic E-state index is 11.5. The molecule has 4 heteroatoms. The van der Waals surface area contributed by atoms with Crippen LogP contribution in [0.5, 0.6) is 0 Å². The first kappa shape index (κ1) is 14.6. The fourth-order valence-electron chi connectivity index (χ4n) is 2.87. The highest BCUT2D eigenvalue weighted by atomic mass is 16.4. The Balaban J connectivity index is 2.72. The second kappa shape index (κ2) is 6.09. The number of hydrogen-bond acceptors (Lipinski definition) is 2. The predicted octanol–water partition coefficient (Wildman–Crippen LogP) is 2.95. The van der Waals surface area contributed by atoms with Gasteiger partial charge in [0.25, 0.3) is 0 Å². The van der Waals surface area contributed by atoms with Crippen LogP contribution in [0.3, 0.4) is 0 Å². The molecule has 20 heavy (non-hydrogen) atoms. The molecule has 0 aliphatic heterocycles. The SMILES string of the molecule is CCCn1c(C)c(CCCN)c2cccc(C(=O)O)c21. The Hall–Kier alpha value is -1.81. The number of aromatic nitrogens is 1. The van der Waals surface area contributed by atoms with Gasteiger partial charge >= 0.3 is 5.97 Å². The maximum Gasteiger partial charge on any atom is 0.337 e. The summed E-state index contributed by atoms with van der Waals surface area (Å²) >= 11 is 0. The highest BCUT2D eigenvalue weighted by molar-refractivity contribution is 6.03. The van der Waals surface area contributed by atoms with Crippen molar-refractivity contribution in [3.8, 4) is 0 Å². The van der Waals surface area contributed by atoms with Crippen LogP contribution in [0.2, 0.25) is 0 Å². The van der Waals surface area contributed by atoms with Gasteiger partial charge in [0.2, 0.25) is 0 Å². The van der Waals surface area contributed by atoms with E-state index in [9.17, 15) is 9.90 Å². The minimum absolute atomic E-state index is 0.387. The van der Waals surface area contributed by atoms with Crippen molar-refractivity contribution in [1.29, 1.82) is 0 Å². The lowest BCUT2D eigenvalue weighted by atomic mass is 10.0. The third kappa shape index (κ3) is 2.43. The number of aromatic carboxylic acids is 1. The Morgan fingerprint density at radius 3 is 2.75 bits per heavy atom. The van der Waals surface area contributed by atoms with Crippen LogP contribution in [0.4, 0.5) is 0 Å². The second-order valence-corrected chi connectivity index (χ2v) is 5.11. The topological polar surface area (TPSA) is 68.2 Å². The van der Waals surface area contributed by atoms with Crippen LogP contribution in [0.15, 0.2) is 18.2 Å². The van der Waals surface area contributed by atoms with E-state index in [1.807, 2.05) is 12.1 Å². The number of carboxylic acid groups (broad SMARTS) is 1. The van der Waals surface area contributed by atoms with E-state index >= 15 is 0 Å². The lowest BCUT2D eigenvalue weighted by Crippen LogP contribution is -2.05. The molecule has 0 bridgehead atoms. The van der Waals surface area contributed by atoms with E-state index < -0.39 is 5.97 Å². The number of benzene rings is 1. The van der Waals surface area contributed by atoms with Crippen LogP contribution >= 0.6 is 0 Å². The molecule has 2 rings (SSSR count). The van der Waals surface area contributed by atoms with Crippen molar-refractivity contribution < 1.29 is 9.90 Å². The van der Waals surface area contributed by atoms with Crippen molar-refractivity contribution in [2.75, 3.05) is 6.54 Å². The number of nitrogens with two attached hydrogens (primary N) is 1. The highest BCUT2D eigenvalue weighted by Crippen LogP contribution is 2.30. The molecular formula is C16H22N2O2. The Morgan fingerprint density at radius 2 is 2.15 bits per heavy atom. The highest BCUT2D eigenvalue weighted by Gasteiger charge is 2.18. The molecule has 1 aromatic carbocycles. The first-order chi connectivity index (χ1) is 9.61. The fraction of sp³-hybridized carbons (Fsp3) is 0.438. The van der Waals surface area contributed by atoms with Gasteiger partial charge < -0.3 is 15.4 Å². The van der Waals surface area contributed by atoms with Crippen molar-refractivity contribution in [2.24, 2.45) is 5.73 Å². The Kier molecular flexibility index (Phi) is 4.45. The monoisotopic (exact) mass is 274 g/mol. The van der Waals surface area contributed by atoms with Gasteiger partial charge in [-0.2, -0.15) is 0 Å². The zero-order valence-corrected chi connectivity index (χ0v) is 12.1. The molecule has 1 heterocycles. The minimum Gasteiger partial charge on any atom is -0.478 e. The molecule has 0 spiro atoms. The van der Waals surface area contributed by atoms with Crippen LogP contribution in [-0.2, 0) is 13.0 Å². The normalized spacial score (nSPS) is 11.2. The zero-order valence-electron chi connectivity index (χ0n) is 12.1. The summed E-state index contributed by atoms with van der Waals surface area (Å²) < 4.78 is 2.14. The van der Waals surface area contributed by atoms with Gasteiger partial charge in [0.15, 0.2) is 0 Å². The lowest BCUT2D eigenvalue weighted by Gasteiger charge is -2.08. The number of rotatable bonds is 6. The van der Waals surface area contributed by atoms with Gasteiger partial charge in [0.1, 0.15) is 0 Å². The summed E-state index contributed by atoms with van der Waals surface area (Å²) in [6.07, 6.45) is 2.80. The van der Waals surface area contributed by atoms with Crippen LogP contribution in [-0.4, -0.2) is 22.2 Å². The van der Waals surface area contributed by atoms with Crippen molar-refractivity contribution in [1.82, 2.24) is 4.57 Å². The molecule has 0 amide bonds. The number of para-hydroxylation sites is 1. The van der Waals surface area contributed by atoms with Crippen molar-refractivity contribution in [2.45, 2.75) is 39.7 Å². The van der Waals surface area contributed by atoms with E-state index in [2.05, 4.69) is 18.4 Å². The third-order valence-electron chi connectivity index (χ3n) is 3.78. The zero-order chi connectivity index (χ0) is 14.7. The quantitative estimate of drug-likeness (QED) is 0.851. The number of nitrogens with zero attached hydrogens (tertiary/aromatic N) is 1. The van der Waals surface area contributed by atoms with Gasteiger partial charge in [-0.15, -0.1) is 0 Å². The van der Waals surface area contributed by atoms with E-state index in [-0.39, 0.29) is 0 Å². The van der Waals surface area contributed by atoms with E-state index in [1.165, 1.54) is 11.3 Å². The molecular weight excluding hydrogens is 252 g/mol. The number of hydrogen-bond donors (Lipinski definition) is 2. The summed E-state index contributed by atoms with van der Waals surface area (Å²) in [5.74, 6) is -0.865. The Labute approximate surface area is 119 Å². The first-order valence-corrected chi connectivity index (χ1v) is 7.15. The first-order valence-electron chi connectivity index (χ1n) is 7.15. The maximum atomic E-state index is 11.5. The fourth-order valence-corrected chi connectivity index (χ4v) is 2.87. The number of fused-ring (bicyclic) bond motifs is 1. The molecule has 0 aliphatic rings. The molecule has 1 aromatic heterocycles. The Bertz CT molecular complexity index is 629. The molecule has 0 unspecified atom stereocenters. The van der Waals surface area contributed by atoms with Gasteiger partial charge in [-0.05, 0) is 44.4 Å². The van der Waals surface area contributed by atoms with Gasteiger partial charge in [0.05, 0.1) is 11.1 Å². The third-order valence-corrected chi connectivity index (χ3v) is 3.78. The summed E-state index contributed by atoms with van der Waals surface area (Å²) in [6, 6.07) is 5.53. The Morgan fingerprint density at radius 1 is 1.40 bits per heavy atom. The number of carbonyl (C=O) groups is 1. The van der Waals surface area contributed by atoms with Crippen LogP contribution < -0.4 is 5.73 Å². The number of aryl methyl sites for hydroxylation is 2. The largest absolute Gasteiger partial charge is 0.478 e. The molecule has 0 aliphatic carbocycles. The van der Waals surface area contributed by atoms with Crippen molar-refractivity contribution in [3.63, 3.8) is 0 Å². The molecule has 2 aromatic rings. The summed E-state index contributed by atoms with van der Waals surface area (Å²) in [7, 11) is 0. The summed E-state index contributed by atoms with van der Waals surface area (Å²) in [5, 5.41) is 10.5. The molecule has 3 N–H and O–H groups in total. The van der Waals surface area contributed by atoms with Crippen molar-refractivity contribution in [3.05, 3.63) is 35.0 Å².